The highest BCUT2D eigenvalue weighted by Crippen LogP contribution is 2.29. The van der Waals surface area contributed by atoms with Crippen molar-refractivity contribution in [2.75, 3.05) is 13.7 Å². The molecule has 0 unspecified atom stereocenters. The van der Waals surface area contributed by atoms with Gasteiger partial charge in [-0.25, -0.2) is 9.97 Å². The molecule has 2 aliphatic rings. The van der Waals surface area contributed by atoms with Crippen molar-refractivity contribution in [3.8, 4) is 17.3 Å². The summed E-state index contributed by atoms with van der Waals surface area (Å²) in [5, 5.41) is 0. The van der Waals surface area contributed by atoms with Crippen molar-refractivity contribution < 1.29 is 4.74 Å². The second-order valence-electron chi connectivity index (χ2n) is 6.26. The van der Waals surface area contributed by atoms with Gasteiger partial charge in [-0.2, -0.15) is 0 Å². The Morgan fingerprint density at radius 3 is 2.86 bits per heavy atom. The van der Waals surface area contributed by atoms with Gasteiger partial charge in [0.2, 0.25) is 5.88 Å². The van der Waals surface area contributed by atoms with Crippen molar-refractivity contribution in [1.29, 1.82) is 0 Å². The van der Waals surface area contributed by atoms with Crippen LogP contribution in [0.3, 0.4) is 0 Å². The Labute approximate surface area is 130 Å². The smallest absolute Gasteiger partial charge is 0.212 e. The maximum absolute atomic E-state index is 5.11. The van der Waals surface area contributed by atoms with Crippen molar-refractivity contribution in [2.24, 2.45) is 0 Å². The molecule has 1 saturated carbocycles. The van der Waals surface area contributed by atoms with Gasteiger partial charge in [0.1, 0.15) is 5.82 Å². The van der Waals surface area contributed by atoms with Gasteiger partial charge in [0.05, 0.1) is 18.5 Å². The van der Waals surface area contributed by atoms with Gasteiger partial charge in [0.25, 0.3) is 0 Å². The Morgan fingerprint density at radius 1 is 1.27 bits per heavy atom. The number of methoxy groups -OCH3 is 1. The van der Waals surface area contributed by atoms with Crippen LogP contribution in [0.2, 0.25) is 0 Å². The van der Waals surface area contributed by atoms with E-state index in [0.717, 1.165) is 36.9 Å². The Bertz CT molecular complexity index is 643. The summed E-state index contributed by atoms with van der Waals surface area (Å²) in [7, 11) is 1.63. The van der Waals surface area contributed by atoms with Gasteiger partial charge >= 0.3 is 0 Å². The molecule has 2 aromatic rings. The Hall–Kier alpha value is -1.88. The van der Waals surface area contributed by atoms with Gasteiger partial charge < -0.3 is 9.72 Å². The fourth-order valence-electron chi connectivity index (χ4n) is 3.67. The third-order valence-electron chi connectivity index (χ3n) is 4.92. The summed E-state index contributed by atoms with van der Waals surface area (Å²) < 4.78 is 5.11. The molecule has 3 heterocycles. The van der Waals surface area contributed by atoms with Crippen LogP contribution in [-0.4, -0.2) is 39.5 Å². The first-order valence-corrected chi connectivity index (χ1v) is 8.16. The number of rotatable bonds is 3. The summed E-state index contributed by atoms with van der Waals surface area (Å²) in [6, 6.07) is 4.66. The molecule has 4 rings (SSSR count). The van der Waals surface area contributed by atoms with Crippen molar-refractivity contribution in [2.45, 2.75) is 44.7 Å². The minimum absolute atomic E-state index is 0.632. The summed E-state index contributed by atoms with van der Waals surface area (Å²) in [5.41, 5.74) is 3.52. The first-order chi connectivity index (χ1) is 10.8. The maximum Gasteiger partial charge on any atom is 0.212 e. The van der Waals surface area contributed by atoms with Crippen LogP contribution < -0.4 is 4.74 Å². The number of nitrogens with one attached hydrogen (secondary N) is 1. The minimum Gasteiger partial charge on any atom is -0.481 e. The summed E-state index contributed by atoms with van der Waals surface area (Å²) >= 11 is 0. The van der Waals surface area contributed by atoms with Gasteiger partial charge in [-0.1, -0.05) is 12.8 Å². The number of H-pyrrole nitrogens is 1. The summed E-state index contributed by atoms with van der Waals surface area (Å²) in [5.74, 6) is 1.56. The fourth-order valence-corrected chi connectivity index (χ4v) is 3.67. The van der Waals surface area contributed by atoms with E-state index in [9.17, 15) is 0 Å². The van der Waals surface area contributed by atoms with Crippen molar-refractivity contribution in [1.82, 2.24) is 19.9 Å². The topological polar surface area (TPSA) is 54.0 Å². The first kappa shape index (κ1) is 13.8. The molecule has 1 fully saturated rings. The third kappa shape index (κ3) is 2.50. The third-order valence-corrected chi connectivity index (χ3v) is 4.92. The van der Waals surface area contributed by atoms with Crippen LogP contribution in [0.1, 0.15) is 37.1 Å². The SMILES string of the molecule is COc1ccc(-c2nc3c([nH]2)CN(C2CCCC2)CC3)cn1. The van der Waals surface area contributed by atoms with Crippen LogP contribution in [0.5, 0.6) is 5.88 Å². The molecule has 1 aliphatic carbocycles. The average molecular weight is 298 g/mol. The van der Waals surface area contributed by atoms with Crippen molar-refractivity contribution in [3.63, 3.8) is 0 Å². The number of ether oxygens (including phenoxy) is 1. The van der Waals surface area contributed by atoms with E-state index in [-0.39, 0.29) is 0 Å². The van der Waals surface area contributed by atoms with Crippen LogP contribution in [0, 0.1) is 0 Å². The van der Waals surface area contributed by atoms with E-state index >= 15 is 0 Å². The molecule has 0 bridgehead atoms. The first-order valence-electron chi connectivity index (χ1n) is 8.16. The zero-order chi connectivity index (χ0) is 14.9. The molecule has 1 N–H and O–H groups in total. The lowest BCUT2D eigenvalue weighted by atomic mass is 10.1. The lowest BCUT2D eigenvalue weighted by Crippen LogP contribution is -2.37. The second kappa shape index (κ2) is 5.72. The molecule has 5 heteroatoms. The van der Waals surface area contributed by atoms with Gasteiger partial charge in [0.15, 0.2) is 0 Å². The number of fused-ring (bicyclic) bond motifs is 1. The zero-order valence-corrected chi connectivity index (χ0v) is 13.0. The number of aromatic amines is 1. The quantitative estimate of drug-likeness (QED) is 0.946. The van der Waals surface area contributed by atoms with Crippen LogP contribution in [0.25, 0.3) is 11.4 Å². The number of pyridine rings is 1. The van der Waals surface area contributed by atoms with Crippen molar-refractivity contribution in [3.05, 3.63) is 29.7 Å². The normalized spacial score (nSPS) is 19.3. The number of hydrogen-bond acceptors (Lipinski definition) is 4. The van der Waals surface area contributed by atoms with Crippen LogP contribution in [-0.2, 0) is 13.0 Å². The molecule has 0 atom stereocenters. The number of aromatic nitrogens is 3. The highest BCUT2D eigenvalue weighted by Gasteiger charge is 2.27. The van der Waals surface area contributed by atoms with E-state index in [1.54, 1.807) is 7.11 Å². The molecular weight excluding hydrogens is 276 g/mol. The summed E-state index contributed by atoms with van der Waals surface area (Å²) in [4.78, 5) is 15.2. The Kier molecular flexibility index (Phi) is 3.58. The Morgan fingerprint density at radius 2 is 2.14 bits per heavy atom. The lowest BCUT2D eigenvalue weighted by molar-refractivity contribution is 0.178. The monoisotopic (exact) mass is 298 g/mol. The van der Waals surface area contributed by atoms with E-state index in [1.165, 1.54) is 37.1 Å². The van der Waals surface area contributed by atoms with E-state index in [1.807, 2.05) is 18.3 Å². The number of imidazole rings is 1. The Balaban J connectivity index is 1.55. The molecule has 0 aromatic carbocycles. The largest absolute Gasteiger partial charge is 0.481 e. The zero-order valence-electron chi connectivity index (χ0n) is 13.0. The highest BCUT2D eigenvalue weighted by atomic mass is 16.5. The average Bonchev–Trinajstić information content (AvgIpc) is 3.23. The van der Waals surface area contributed by atoms with E-state index in [2.05, 4.69) is 14.9 Å². The predicted octanol–water partition coefficient (Wildman–Crippen LogP) is 2.78. The molecule has 1 aliphatic heterocycles. The molecule has 22 heavy (non-hydrogen) atoms. The van der Waals surface area contributed by atoms with Crippen LogP contribution >= 0.6 is 0 Å². The van der Waals surface area contributed by atoms with Gasteiger partial charge in [-0.05, 0) is 18.9 Å². The molecular formula is C17H22N4O. The van der Waals surface area contributed by atoms with E-state index in [4.69, 9.17) is 9.72 Å². The standard InChI is InChI=1S/C17H22N4O/c1-22-16-7-6-12(10-18-16)17-19-14-8-9-21(11-15(14)20-17)13-4-2-3-5-13/h6-7,10,13H,2-5,8-9,11H2,1H3,(H,19,20). The summed E-state index contributed by atoms with van der Waals surface area (Å²) in [6.07, 6.45) is 8.36. The number of nitrogens with zero attached hydrogens (tertiary/aromatic N) is 3. The van der Waals surface area contributed by atoms with Gasteiger partial charge in [-0.3, -0.25) is 4.90 Å². The van der Waals surface area contributed by atoms with E-state index in [0.29, 0.717) is 5.88 Å². The van der Waals surface area contributed by atoms with Crippen molar-refractivity contribution >= 4 is 0 Å². The molecule has 0 saturated heterocycles. The molecule has 0 spiro atoms. The lowest BCUT2D eigenvalue weighted by Gasteiger charge is -2.31. The second-order valence-corrected chi connectivity index (χ2v) is 6.26. The maximum atomic E-state index is 5.11. The molecule has 0 radical (unpaired) electrons. The fraction of sp³-hybridized carbons (Fsp3) is 0.529. The van der Waals surface area contributed by atoms with Crippen LogP contribution in [0.4, 0.5) is 0 Å². The summed E-state index contributed by atoms with van der Waals surface area (Å²) in [6.45, 7) is 2.15. The molecule has 0 amide bonds. The molecule has 2 aromatic heterocycles. The number of hydrogen-bond donors (Lipinski definition) is 1. The van der Waals surface area contributed by atoms with E-state index < -0.39 is 0 Å². The molecule has 116 valence electrons. The van der Waals surface area contributed by atoms with Gasteiger partial charge in [-0.15, -0.1) is 0 Å². The highest BCUT2D eigenvalue weighted by molar-refractivity contribution is 5.55. The predicted molar refractivity (Wildman–Crippen MR) is 84.7 cm³/mol. The van der Waals surface area contributed by atoms with Crippen LogP contribution in [0.15, 0.2) is 18.3 Å². The van der Waals surface area contributed by atoms with Gasteiger partial charge in [0, 0.05) is 43.4 Å². The minimum atomic E-state index is 0.632. The molecule has 5 nitrogen and oxygen atoms in total.